The number of amides is 1. The number of unbranched alkanes of at least 4 members (excludes halogenated alkanes) is 32. The molecule has 1 amide bonds. The fraction of sp³-hybridized carbons (Fsp3) is 0.831. The molecule has 0 saturated heterocycles. The van der Waals surface area contributed by atoms with Crippen LogP contribution in [0.2, 0.25) is 0 Å². The summed E-state index contributed by atoms with van der Waals surface area (Å²) < 4.78 is 5.94. The maximum absolute atomic E-state index is 13.3. The van der Waals surface area contributed by atoms with E-state index < -0.39 is 18.2 Å². The molecule has 0 fully saturated rings. The highest BCUT2D eigenvalue weighted by Gasteiger charge is 2.24. The third kappa shape index (κ3) is 48.1. The first-order valence-electron chi connectivity index (χ1n) is 28.4. The van der Waals surface area contributed by atoms with Gasteiger partial charge in [0.25, 0.3) is 0 Å². The summed E-state index contributed by atoms with van der Waals surface area (Å²) >= 11 is 0. The summed E-state index contributed by atoms with van der Waals surface area (Å²) in [5, 5.41) is 23.9. The molecular weight excluding hydrogens is 803 g/mol. The lowest BCUT2D eigenvalue weighted by Gasteiger charge is -2.24. The van der Waals surface area contributed by atoms with E-state index in [9.17, 15) is 19.8 Å². The standard InChI is InChI=1S/C59H109NO5/c1-4-7-10-13-16-19-22-25-28-31-34-37-40-43-46-49-52-59(64)65-55(50-47-44-41-38-35-32-29-26-23-20-17-14-11-8-5-2)53-58(63)60-56(54-61)57(62)51-48-45-42-39-36-33-30-27-24-21-18-15-12-9-6-3/h17,20,26,28-29,31,34,37,55-57,61-62H,4-16,18-19,21-25,27,30,32-33,35-36,38-54H2,1-3H3,(H,60,63)/b20-17-,29-26-,31-28+,37-34+. The highest BCUT2D eigenvalue weighted by atomic mass is 16.5. The molecule has 0 heterocycles. The second-order valence-corrected chi connectivity index (χ2v) is 19.4. The van der Waals surface area contributed by atoms with Gasteiger partial charge in [-0.15, -0.1) is 0 Å². The Morgan fingerprint density at radius 3 is 1.29 bits per heavy atom. The van der Waals surface area contributed by atoms with Crippen molar-refractivity contribution in [2.75, 3.05) is 6.61 Å². The molecule has 65 heavy (non-hydrogen) atoms. The van der Waals surface area contributed by atoms with Gasteiger partial charge in [-0.05, 0) is 83.5 Å². The molecular formula is C59H109NO5. The first-order valence-corrected chi connectivity index (χ1v) is 28.4. The van der Waals surface area contributed by atoms with Crippen molar-refractivity contribution in [2.24, 2.45) is 0 Å². The number of hydrogen-bond acceptors (Lipinski definition) is 5. The van der Waals surface area contributed by atoms with Crippen LogP contribution in [0, 0.1) is 0 Å². The van der Waals surface area contributed by atoms with Crippen molar-refractivity contribution < 1.29 is 24.5 Å². The number of hydrogen-bond donors (Lipinski definition) is 3. The SMILES string of the molecule is CCCCC/C=C\C/C=C\CCCCCCCC(CC(=O)NC(CO)C(O)CCCCCCCCCCCCCCCCC)OC(=O)CCCCC/C=C/C=C/CCCCCCCCC. The van der Waals surface area contributed by atoms with Gasteiger partial charge in [0, 0.05) is 6.42 Å². The van der Waals surface area contributed by atoms with Crippen LogP contribution in [-0.2, 0) is 14.3 Å². The number of nitrogens with one attached hydrogen (secondary N) is 1. The number of aliphatic hydroxyl groups is 2. The molecule has 0 aliphatic heterocycles. The zero-order chi connectivity index (χ0) is 47.4. The van der Waals surface area contributed by atoms with Gasteiger partial charge in [-0.1, -0.05) is 243 Å². The Labute approximate surface area is 404 Å². The Bertz CT molecular complexity index is 1110. The van der Waals surface area contributed by atoms with Gasteiger partial charge in [-0.2, -0.15) is 0 Å². The van der Waals surface area contributed by atoms with Gasteiger partial charge >= 0.3 is 5.97 Å². The fourth-order valence-corrected chi connectivity index (χ4v) is 8.57. The second kappa shape index (κ2) is 52.8. The van der Waals surface area contributed by atoms with Crippen molar-refractivity contribution in [1.82, 2.24) is 5.32 Å². The second-order valence-electron chi connectivity index (χ2n) is 19.4. The zero-order valence-electron chi connectivity index (χ0n) is 43.4. The van der Waals surface area contributed by atoms with Crippen LogP contribution >= 0.6 is 0 Å². The van der Waals surface area contributed by atoms with E-state index in [0.717, 1.165) is 83.5 Å². The minimum Gasteiger partial charge on any atom is -0.462 e. The molecule has 0 aromatic carbocycles. The lowest BCUT2D eigenvalue weighted by atomic mass is 10.0. The Kier molecular flexibility index (Phi) is 51.0. The van der Waals surface area contributed by atoms with Crippen LogP contribution in [0.5, 0.6) is 0 Å². The minimum atomic E-state index is -0.797. The summed E-state index contributed by atoms with van der Waals surface area (Å²) in [4.78, 5) is 26.2. The minimum absolute atomic E-state index is 0.0586. The smallest absolute Gasteiger partial charge is 0.306 e. The van der Waals surface area contributed by atoms with E-state index >= 15 is 0 Å². The number of esters is 1. The number of rotatable bonds is 51. The first kappa shape index (κ1) is 62.8. The molecule has 3 N–H and O–H groups in total. The van der Waals surface area contributed by atoms with Crippen LogP contribution in [0.3, 0.4) is 0 Å². The highest BCUT2D eigenvalue weighted by Crippen LogP contribution is 2.18. The van der Waals surface area contributed by atoms with Crippen LogP contribution in [0.15, 0.2) is 48.6 Å². The molecule has 6 nitrogen and oxygen atoms in total. The van der Waals surface area contributed by atoms with Crippen molar-refractivity contribution in [3.8, 4) is 0 Å². The lowest BCUT2D eigenvalue weighted by molar-refractivity contribution is -0.151. The summed E-state index contributed by atoms with van der Waals surface area (Å²) in [6.45, 7) is 6.47. The Morgan fingerprint density at radius 2 is 0.831 bits per heavy atom. The van der Waals surface area contributed by atoms with Gasteiger partial charge in [0.05, 0.1) is 25.2 Å². The summed E-state index contributed by atoms with van der Waals surface area (Å²) in [5.41, 5.74) is 0. The molecule has 0 aliphatic rings. The molecule has 0 rings (SSSR count). The van der Waals surface area contributed by atoms with E-state index in [-0.39, 0.29) is 24.9 Å². The summed E-state index contributed by atoms with van der Waals surface area (Å²) in [5.74, 6) is -0.510. The fourth-order valence-electron chi connectivity index (χ4n) is 8.57. The molecule has 6 heteroatoms. The Hall–Kier alpha value is -2.18. The van der Waals surface area contributed by atoms with Crippen molar-refractivity contribution in [1.29, 1.82) is 0 Å². The average molecular weight is 913 g/mol. The summed E-state index contributed by atoms with van der Waals surface area (Å²) in [7, 11) is 0. The third-order valence-corrected chi connectivity index (χ3v) is 12.9. The Balaban J connectivity index is 4.61. The van der Waals surface area contributed by atoms with Crippen molar-refractivity contribution >= 4 is 11.9 Å². The number of ether oxygens (including phenoxy) is 1. The van der Waals surface area contributed by atoms with Crippen LogP contribution in [0.4, 0.5) is 0 Å². The largest absolute Gasteiger partial charge is 0.462 e. The lowest BCUT2D eigenvalue weighted by Crippen LogP contribution is -2.46. The molecule has 380 valence electrons. The molecule has 0 aliphatic carbocycles. The van der Waals surface area contributed by atoms with Gasteiger partial charge in [-0.25, -0.2) is 0 Å². The van der Waals surface area contributed by atoms with Gasteiger partial charge in [-0.3, -0.25) is 9.59 Å². The average Bonchev–Trinajstić information content (AvgIpc) is 3.30. The monoisotopic (exact) mass is 912 g/mol. The number of carbonyl (C=O) groups excluding carboxylic acids is 2. The van der Waals surface area contributed by atoms with Crippen molar-refractivity contribution in [3.63, 3.8) is 0 Å². The van der Waals surface area contributed by atoms with Crippen LogP contribution in [-0.4, -0.2) is 46.9 Å². The first-order chi connectivity index (χ1) is 32.0. The molecule has 0 aromatic rings. The third-order valence-electron chi connectivity index (χ3n) is 12.9. The number of allylic oxidation sites excluding steroid dienone is 8. The maximum atomic E-state index is 13.3. The molecule has 0 saturated carbocycles. The van der Waals surface area contributed by atoms with Crippen molar-refractivity contribution in [3.05, 3.63) is 48.6 Å². The molecule has 0 radical (unpaired) electrons. The quantitative estimate of drug-likeness (QED) is 0.0245. The van der Waals surface area contributed by atoms with Crippen LogP contribution < -0.4 is 5.32 Å². The molecule has 0 aromatic heterocycles. The van der Waals surface area contributed by atoms with Crippen LogP contribution in [0.1, 0.15) is 290 Å². The molecule has 0 spiro atoms. The highest BCUT2D eigenvalue weighted by molar-refractivity contribution is 5.77. The maximum Gasteiger partial charge on any atom is 0.306 e. The predicted molar refractivity (Wildman–Crippen MR) is 282 cm³/mol. The molecule has 3 atom stereocenters. The van der Waals surface area contributed by atoms with E-state index in [1.807, 2.05) is 0 Å². The summed E-state index contributed by atoms with van der Waals surface area (Å²) in [6.07, 6.45) is 64.6. The van der Waals surface area contributed by atoms with Gasteiger partial charge in [0.2, 0.25) is 5.91 Å². The predicted octanol–water partition coefficient (Wildman–Crippen LogP) is 17.4. The van der Waals surface area contributed by atoms with Gasteiger partial charge in [0.1, 0.15) is 6.10 Å². The van der Waals surface area contributed by atoms with Gasteiger partial charge < -0.3 is 20.3 Å². The molecule has 3 unspecified atom stereocenters. The summed E-state index contributed by atoms with van der Waals surface area (Å²) in [6, 6.07) is -0.712. The Morgan fingerprint density at radius 1 is 0.462 bits per heavy atom. The van der Waals surface area contributed by atoms with E-state index in [4.69, 9.17) is 4.74 Å². The van der Waals surface area contributed by atoms with E-state index in [0.29, 0.717) is 19.3 Å². The molecule has 0 bridgehead atoms. The van der Waals surface area contributed by atoms with Crippen LogP contribution in [0.25, 0.3) is 0 Å². The number of aliphatic hydroxyl groups excluding tert-OH is 2. The number of carbonyl (C=O) groups is 2. The topological polar surface area (TPSA) is 95.9 Å². The normalized spacial score (nSPS) is 13.5. The zero-order valence-corrected chi connectivity index (χ0v) is 43.4. The van der Waals surface area contributed by atoms with E-state index in [2.05, 4.69) is 74.7 Å². The van der Waals surface area contributed by atoms with E-state index in [1.165, 1.54) is 161 Å². The van der Waals surface area contributed by atoms with Gasteiger partial charge in [0.15, 0.2) is 0 Å². The van der Waals surface area contributed by atoms with E-state index in [1.54, 1.807) is 0 Å². The van der Waals surface area contributed by atoms with Crippen molar-refractivity contribution in [2.45, 2.75) is 309 Å².